The first kappa shape index (κ1) is 47.6. The number of rotatable bonds is 22. The Labute approximate surface area is 386 Å². The molecule has 3 N–H and O–H groups in total. The summed E-state index contributed by atoms with van der Waals surface area (Å²) in [5.41, 5.74) is 6.84. The molecule has 0 saturated heterocycles. The number of carbonyl (C=O) groups excluding carboxylic acids is 2. The first-order valence-corrected chi connectivity index (χ1v) is 23.2. The number of nitrogens with one attached hydrogen (secondary N) is 3. The van der Waals surface area contributed by atoms with Crippen molar-refractivity contribution in [2.75, 3.05) is 48.3 Å². The minimum Gasteiger partial charge on any atom is -0.497 e. The highest BCUT2D eigenvalue weighted by Gasteiger charge is 2.40. The zero-order valence-corrected chi connectivity index (χ0v) is 38.6. The summed E-state index contributed by atoms with van der Waals surface area (Å²) in [6, 6.07) is 47.1. The molecule has 0 bridgehead atoms. The number of benzene rings is 6. The van der Waals surface area contributed by atoms with Crippen LogP contribution < -0.4 is 25.2 Å². The summed E-state index contributed by atoms with van der Waals surface area (Å²) in [5, 5.41) is 8.74. The lowest BCUT2D eigenvalue weighted by Crippen LogP contribution is -2.51. The predicted octanol–water partition coefficient (Wildman–Crippen LogP) is 9.13. The summed E-state index contributed by atoms with van der Waals surface area (Å²) in [6.07, 6.45) is -1.25. The lowest BCUT2D eigenvalue weighted by molar-refractivity contribution is -0.126. The summed E-state index contributed by atoms with van der Waals surface area (Å²) >= 11 is 0. The van der Waals surface area contributed by atoms with E-state index in [4.69, 9.17) is 32.7 Å². The van der Waals surface area contributed by atoms with Crippen LogP contribution in [0.25, 0.3) is 11.1 Å². The molecule has 13 nitrogen and oxygen atoms in total. The van der Waals surface area contributed by atoms with Crippen LogP contribution in [0.3, 0.4) is 0 Å². The Balaban J connectivity index is 1.16. The van der Waals surface area contributed by atoms with Gasteiger partial charge >= 0.3 is 13.8 Å². The molecule has 1 aliphatic rings. The average Bonchev–Trinajstić information content (AvgIpc) is 3.68. The van der Waals surface area contributed by atoms with Crippen LogP contribution in [0.4, 0.5) is 4.79 Å². The molecule has 7 rings (SSSR count). The third kappa shape index (κ3) is 11.2. The Morgan fingerprint density at radius 2 is 1.20 bits per heavy atom. The molecule has 0 spiro atoms. The number of alkyl carbamates (subject to hydrolysis) is 1. The third-order valence-electron chi connectivity index (χ3n) is 11.5. The van der Waals surface area contributed by atoms with Gasteiger partial charge in [0, 0.05) is 33.2 Å². The highest BCUT2D eigenvalue weighted by atomic mass is 31.2. The SMILES string of the molecule is COCC(C)OP(=O)(NCc1cccc(CNC(=O)C(COC(c2ccccc2)(c2ccc(OC)cc2)c2ccc(OC)cc2)NC(=O)OCC2c3ccccc3-c3ccccc32)c1)OC. The maximum absolute atomic E-state index is 14.5. The van der Waals surface area contributed by atoms with Gasteiger partial charge in [0.25, 0.3) is 0 Å². The lowest BCUT2D eigenvalue weighted by atomic mass is 9.80. The zero-order chi connectivity index (χ0) is 46.5. The summed E-state index contributed by atoms with van der Waals surface area (Å²) in [6.45, 7) is 2.00. The fraction of sp³-hybridized carbons (Fsp3) is 0.269. The minimum absolute atomic E-state index is 0.0495. The van der Waals surface area contributed by atoms with Gasteiger partial charge in [-0.15, -0.1) is 0 Å². The molecule has 0 heterocycles. The van der Waals surface area contributed by atoms with Gasteiger partial charge in [-0.2, -0.15) is 0 Å². The van der Waals surface area contributed by atoms with Crippen molar-refractivity contribution in [2.45, 2.75) is 43.7 Å². The van der Waals surface area contributed by atoms with E-state index >= 15 is 0 Å². The summed E-state index contributed by atoms with van der Waals surface area (Å²) in [7, 11) is 2.41. The van der Waals surface area contributed by atoms with Gasteiger partial charge in [-0.3, -0.25) is 9.32 Å². The van der Waals surface area contributed by atoms with E-state index in [1.165, 1.54) is 14.2 Å². The fourth-order valence-electron chi connectivity index (χ4n) is 8.24. The van der Waals surface area contributed by atoms with E-state index in [1.807, 2.05) is 140 Å². The molecule has 3 unspecified atom stereocenters. The molecule has 0 saturated carbocycles. The number of hydrogen-bond donors (Lipinski definition) is 3. The van der Waals surface area contributed by atoms with Crippen molar-refractivity contribution >= 4 is 19.7 Å². The number of ether oxygens (including phenoxy) is 5. The molecule has 0 fully saturated rings. The van der Waals surface area contributed by atoms with Crippen molar-refractivity contribution in [2.24, 2.45) is 0 Å². The highest BCUT2D eigenvalue weighted by Crippen LogP contribution is 2.46. The molecular weight excluding hydrogens is 858 g/mol. The van der Waals surface area contributed by atoms with Crippen LogP contribution in [0.5, 0.6) is 11.5 Å². The fourth-order valence-corrected chi connectivity index (χ4v) is 9.45. The maximum atomic E-state index is 14.5. The summed E-state index contributed by atoms with van der Waals surface area (Å²) in [4.78, 5) is 28.4. The molecule has 0 aromatic heterocycles. The first-order valence-electron chi connectivity index (χ1n) is 21.6. The van der Waals surface area contributed by atoms with E-state index in [0.717, 1.165) is 50.1 Å². The van der Waals surface area contributed by atoms with Crippen LogP contribution in [-0.2, 0) is 51.3 Å². The lowest BCUT2D eigenvalue weighted by Gasteiger charge is -2.37. The van der Waals surface area contributed by atoms with E-state index in [9.17, 15) is 14.2 Å². The smallest absolute Gasteiger partial charge is 0.407 e. The molecule has 14 heteroatoms. The number of hydrogen-bond acceptors (Lipinski definition) is 10. The van der Waals surface area contributed by atoms with Crippen LogP contribution in [0.1, 0.15) is 51.8 Å². The first-order chi connectivity index (χ1) is 32.1. The van der Waals surface area contributed by atoms with Gasteiger partial charge in [-0.05, 0) is 81.3 Å². The maximum Gasteiger partial charge on any atom is 0.407 e. The van der Waals surface area contributed by atoms with E-state index in [0.29, 0.717) is 11.5 Å². The number of fused-ring (bicyclic) bond motifs is 3. The topological polar surface area (TPSA) is 152 Å². The average molecular weight is 914 g/mol. The Bertz CT molecular complexity index is 2500. The normalized spacial score (nSPS) is 14.0. The van der Waals surface area contributed by atoms with Crippen LogP contribution >= 0.6 is 7.75 Å². The van der Waals surface area contributed by atoms with Gasteiger partial charge in [0.2, 0.25) is 5.91 Å². The van der Waals surface area contributed by atoms with E-state index in [1.54, 1.807) is 21.1 Å². The van der Waals surface area contributed by atoms with E-state index < -0.39 is 37.5 Å². The van der Waals surface area contributed by atoms with Crippen molar-refractivity contribution in [3.05, 3.63) is 191 Å². The van der Waals surface area contributed by atoms with Gasteiger partial charge < -0.3 is 38.8 Å². The second kappa shape index (κ2) is 22.3. The van der Waals surface area contributed by atoms with Crippen LogP contribution in [0.15, 0.2) is 152 Å². The Morgan fingerprint density at radius 3 is 1.76 bits per heavy atom. The number of amides is 2. The quantitative estimate of drug-likeness (QED) is 0.0442. The molecule has 0 aliphatic heterocycles. The molecule has 6 aromatic carbocycles. The Morgan fingerprint density at radius 1 is 0.652 bits per heavy atom. The van der Waals surface area contributed by atoms with E-state index in [-0.39, 0.29) is 38.8 Å². The van der Waals surface area contributed by atoms with Crippen molar-refractivity contribution in [3.63, 3.8) is 0 Å². The Hall–Kier alpha value is -6.31. The zero-order valence-electron chi connectivity index (χ0n) is 37.7. The standard InChI is InChI=1S/C52H56N3O10P/c1-36(33-59-2)65-66(58,62-5)54-32-38-15-13-14-37(30-38)31-53-50(56)49(55-51(57)63-34-48-46-20-11-9-18-44(46)45-19-10-12-21-47(45)48)35-64-52(39-16-7-6-8-17-39,40-22-26-42(60-3)27-23-40)41-24-28-43(61-4)29-25-41/h6-30,36,48-49H,31-35H2,1-5H3,(H,53,56)(H,54,58)(H,55,57). The molecule has 2 amide bonds. The van der Waals surface area contributed by atoms with Crippen molar-refractivity contribution < 1.29 is 46.9 Å². The summed E-state index contributed by atoms with van der Waals surface area (Å²) in [5.74, 6) is 0.606. The molecule has 0 radical (unpaired) electrons. The van der Waals surface area contributed by atoms with Crippen molar-refractivity contribution in [3.8, 4) is 22.6 Å². The second-order valence-electron chi connectivity index (χ2n) is 15.8. The largest absolute Gasteiger partial charge is 0.497 e. The molecule has 344 valence electrons. The molecule has 66 heavy (non-hydrogen) atoms. The van der Waals surface area contributed by atoms with Crippen molar-refractivity contribution in [1.29, 1.82) is 0 Å². The van der Waals surface area contributed by atoms with Gasteiger partial charge in [-0.25, -0.2) is 14.4 Å². The minimum atomic E-state index is -3.65. The van der Waals surface area contributed by atoms with Crippen LogP contribution in [-0.4, -0.2) is 72.4 Å². The second-order valence-corrected chi connectivity index (χ2v) is 17.6. The molecule has 3 atom stereocenters. The number of carbonyl (C=O) groups is 2. The predicted molar refractivity (Wildman–Crippen MR) is 252 cm³/mol. The molecule has 1 aliphatic carbocycles. The number of methoxy groups -OCH3 is 3. The van der Waals surface area contributed by atoms with Gasteiger partial charge in [-0.1, -0.05) is 127 Å². The van der Waals surface area contributed by atoms with Gasteiger partial charge in [0.05, 0.1) is 33.5 Å². The van der Waals surface area contributed by atoms with Gasteiger partial charge in [0.1, 0.15) is 29.7 Å². The van der Waals surface area contributed by atoms with Crippen molar-refractivity contribution in [1.82, 2.24) is 15.7 Å². The monoisotopic (exact) mass is 913 g/mol. The highest BCUT2D eigenvalue weighted by molar-refractivity contribution is 7.51. The molecule has 6 aromatic rings. The molecular formula is C52H56N3O10P. The van der Waals surface area contributed by atoms with Crippen LogP contribution in [0.2, 0.25) is 0 Å². The van der Waals surface area contributed by atoms with Gasteiger partial charge in [0.15, 0.2) is 0 Å². The van der Waals surface area contributed by atoms with Crippen LogP contribution in [0, 0.1) is 0 Å². The Kier molecular flexibility index (Phi) is 16.1. The third-order valence-corrected chi connectivity index (χ3v) is 13.2. The van der Waals surface area contributed by atoms with E-state index in [2.05, 4.69) is 27.9 Å². The summed E-state index contributed by atoms with van der Waals surface area (Å²) < 4.78 is 53.3.